The summed E-state index contributed by atoms with van der Waals surface area (Å²) >= 11 is 0. The summed E-state index contributed by atoms with van der Waals surface area (Å²) in [5, 5.41) is 3.68. The first kappa shape index (κ1) is 26.4. The fraction of sp³-hybridized carbons (Fsp3) is 0.323. The Morgan fingerprint density at radius 2 is 1.57 bits per heavy atom. The minimum atomic E-state index is -0.174. The maximum Gasteiger partial charge on any atom is 0.145 e. The van der Waals surface area contributed by atoms with Crippen LogP contribution >= 0.6 is 0 Å². The van der Waals surface area contributed by atoms with E-state index in [1.165, 1.54) is 16.7 Å². The molecule has 0 saturated heterocycles. The van der Waals surface area contributed by atoms with E-state index in [1.54, 1.807) is 7.11 Å². The van der Waals surface area contributed by atoms with E-state index in [9.17, 15) is 4.79 Å². The molecular formula is C31H38N2O2. The Hall–Kier alpha value is -3.21. The number of methoxy groups -OCH3 is 1. The van der Waals surface area contributed by atoms with Crippen molar-refractivity contribution in [3.8, 4) is 5.75 Å². The smallest absolute Gasteiger partial charge is 0.145 e. The second-order valence-corrected chi connectivity index (χ2v) is 9.66. The van der Waals surface area contributed by atoms with Crippen LogP contribution in [0.15, 0.2) is 96.6 Å². The zero-order valence-electron chi connectivity index (χ0n) is 21.4. The van der Waals surface area contributed by atoms with Crippen LogP contribution in [0.5, 0.6) is 5.75 Å². The Labute approximate surface area is 210 Å². The first-order valence-corrected chi connectivity index (χ1v) is 12.2. The van der Waals surface area contributed by atoms with Crippen molar-refractivity contribution in [3.63, 3.8) is 0 Å². The van der Waals surface area contributed by atoms with Crippen molar-refractivity contribution in [1.82, 2.24) is 10.2 Å². The van der Waals surface area contributed by atoms with Crippen molar-refractivity contribution in [3.05, 3.63) is 113 Å². The summed E-state index contributed by atoms with van der Waals surface area (Å²) in [6.45, 7) is 5.96. The van der Waals surface area contributed by atoms with Crippen molar-refractivity contribution in [1.29, 1.82) is 0 Å². The number of ether oxygens (including phenoxy) is 1. The lowest BCUT2D eigenvalue weighted by molar-refractivity contribution is -0.105. The summed E-state index contributed by atoms with van der Waals surface area (Å²) in [7, 11) is 3.79. The molecule has 4 nitrogen and oxygen atoms in total. The highest BCUT2D eigenvalue weighted by atomic mass is 16.5. The van der Waals surface area contributed by atoms with E-state index in [2.05, 4.69) is 97.9 Å². The van der Waals surface area contributed by atoms with Crippen molar-refractivity contribution in [2.45, 2.75) is 51.4 Å². The Kier molecular flexibility index (Phi) is 9.83. The number of nitrogens with one attached hydrogen (secondary N) is 1. The third-order valence-corrected chi connectivity index (χ3v) is 6.61. The predicted octanol–water partition coefficient (Wildman–Crippen LogP) is 6.34. The standard InChI is InChI=1S/C31H38N2O2/c1-31(2,33(3)23-26-15-18-29(35-4)19-16-26)21-27(24-34)17-20-30(28-13-9-6-10-14-28)32-22-25-11-7-5-8-12-25/h5-19,24,30,32H,20-23H2,1-4H3/b27-17+. The number of carbonyl (C=O) groups is 1. The van der Waals surface area contributed by atoms with Gasteiger partial charge in [0.05, 0.1) is 7.11 Å². The molecule has 0 aliphatic heterocycles. The van der Waals surface area contributed by atoms with Crippen LogP contribution in [-0.2, 0) is 17.9 Å². The van der Waals surface area contributed by atoms with Crippen molar-refractivity contribution in [2.24, 2.45) is 0 Å². The van der Waals surface area contributed by atoms with E-state index in [-0.39, 0.29) is 11.6 Å². The fourth-order valence-corrected chi connectivity index (χ4v) is 4.14. The Morgan fingerprint density at radius 3 is 2.17 bits per heavy atom. The average molecular weight is 471 g/mol. The van der Waals surface area contributed by atoms with Gasteiger partial charge in [-0.05, 0) is 68.1 Å². The van der Waals surface area contributed by atoms with E-state index in [1.807, 2.05) is 24.3 Å². The van der Waals surface area contributed by atoms with E-state index >= 15 is 0 Å². The molecule has 0 bridgehead atoms. The maximum absolute atomic E-state index is 12.0. The normalized spacial score (nSPS) is 13.0. The molecule has 0 heterocycles. The SMILES string of the molecule is COc1ccc(CN(C)C(C)(C)C/C(C=O)=C\CC(NCc2ccccc2)c2ccccc2)cc1. The van der Waals surface area contributed by atoms with Gasteiger partial charge in [-0.3, -0.25) is 9.69 Å². The summed E-state index contributed by atoms with van der Waals surface area (Å²) in [6, 6.07) is 29.1. The van der Waals surface area contributed by atoms with Crippen LogP contribution in [0.3, 0.4) is 0 Å². The molecule has 0 amide bonds. The highest BCUT2D eigenvalue weighted by Gasteiger charge is 2.25. The monoisotopic (exact) mass is 470 g/mol. The molecule has 4 heteroatoms. The molecule has 0 aliphatic carbocycles. The van der Waals surface area contributed by atoms with E-state index < -0.39 is 0 Å². The molecule has 3 aromatic rings. The zero-order chi connectivity index (χ0) is 25.1. The van der Waals surface area contributed by atoms with E-state index in [0.717, 1.165) is 37.1 Å². The average Bonchev–Trinajstić information content (AvgIpc) is 2.89. The molecule has 1 unspecified atom stereocenters. The minimum absolute atomic E-state index is 0.131. The van der Waals surface area contributed by atoms with Crippen molar-refractivity contribution >= 4 is 6.29 Å². The van der Waals surface area contributed by atoms with Gasteiger partial charge in [-0.2, -0.15) is 0 Å². The summed E-state index contributed by atoms with van der Waals surface area (Å²) in [4.78, 5) is 14.3. The van der Waals surface area contributed by atoms with Crippen LogP contribution < -0.4 is 10.1 Å². The highest BCUT2D eigenvalue weighted by molar-refractivity contribution is 5.73. The third-order valence-electron chi connectivity index (χ3n) is 6.61. The zero-order valence-corrected chi connectivity index (χ0v) is 21.4. The van der Waals surface area contributed by atoms with Crippen LogP contribution in [0, 0.1) is 0 Å². The number of aldehydes is 1. The molecule has 3 aromatic carbocycles. The lowest BCUT2D eigenvalue weighted by Gasteiger charge is -2.36. The molecule has 0 spiro atoms. The Balaban J connectivity index is 1.67. The van der Waals surface area contributed by atoms with Gasteiger partial charge < -0.3 is 10.1 Å². The first-order valence-electron chi connectivity index (χ1n) is 12.2. The molecule has 0 aromatic heterocycles. The largest absolute Gasteiger partial charge is 0.497 e. The van der Waals surface area contributed by atoms with Gasteiger partial charge in [-0.15, -0.1) is 0 Å². The highest BCUT2D eigenvalue weighted by Crippen LogP contribution is 2.26. The lowest BCUT2D eigenvalue weighted by atomic mass is 9.91. The van der Waals surface area contributed by atoms with E-state index in [0.29, 0.717) is 6.42 Å². The van der Waals surface area contributed by atoms with Gasteiger partial charge in [0, 0.05) is 24.7 Å². The van der Waals surface area contributed by atoms with Gasteiger partial charge in [0.25, 0.3) is 0 Å². The van der Waals surface area contributed by atoms with Crippen molar-refractivity contribution < 1.29 is 9.53 Å². The molecule has 3 rings (SSSR count). The number of carbonyl (C=O) groups excluding carboxylic acids is 1. The molecular weight excluding hydrogens is 432 g/mol. The maximum atomic E-state index is 12.0. The first-order chi connectivity index (χ1) is 16.9. The molecule has 1 N–H and O–H groups in total. The van der Waals surface area contributed by atoms with Crippen LogP contribution in [0.2, 0.25) is 0 Å². The van der Waals surface area contributed by atoms with E-state index in [4.69, 9.17) is 4.74 Å². The second kappa shape index (κ2) is 13.0. The van der Waals surface area contributed by atoms with Crippen LogP contribution in [-0.4, -0.2) is 30.9 Å². The molecule has 0 fully saturated rings. The molecule has 0 radical (unpaired) electrons. The van der Waals surface area contributed by atoms with Gasteiger partial charge in [-0.1, -0.05) is 78.9 Å². The topological polar surface area (TPSA) is 41.6 Å². The van der Waals surface area contributed by atoms with Gasteiger partial charge in [0.15, 0.2) is 0 Å². The third kappa shape index (κ3) is 8.20. The predicted molar refractivity (Wildman–Crippen MR) is 144 cm³/mol. The van der Waals surface area contributed by atoms with Crippen LogP contribution in [0.25, 0.3) is 0 Å². The van der Waals surface area contributed by atoms with Gasteiger partial charge >= 0.3 is 0 Å². The van der Waals surface area contributed by atoms with Gasteiger partial charge in [0.2, 0.25) is 0 Å². The summed E-state index contributed by atoms with van der Waals surface area (Å²) < 4.78 is 5.26. The number of hydrogen-bond acceptors (Lipinski definition) is 4. The molecule has 1 atom stereocenters. The summed E-state index contributed by atoms with van der Waals surface area (Å²) in [5.74, 6) is 0.857. The lowest BCUT2D eigenvalue weighted by Crippen LogP contribution is -2.41. The fourth-order valence-electron chi connectivity index (χ4n) is 4.14. The van der Waals surface area contributed by atoms with Crippen LogP contribution in [0.4, 0.5) is 0 Å². The van der Waals surface area contributed by atoms with Crippen LogP contribution in [0.1, 0.15) is 49.4 Å². The summed E-state index contributed by atoms with van der Waals surface area (Å²) in [6.07, 6.45) is 4.56. The van der Waals surface area contributed by atoms with Gasteiger partial charge in [0.1, 0.15) is 12.0 Å². The quantitative estimate of drug-likeness (QED) is 0.234. The van der Waals surface area contributed by atoms with Crippen molar-refractivity contribution in [2.75, 3.05) is 14.2 Å². The molecule has 0 saturated carbocycles. The minimum Gasteiger partial charge on any atom is -0.497 e. The second-order valence-electron chi connectivity index (χ2n) is 9.66. The number of hydrogen-bond donors (Lipinski definition) is 1. The number of benzene rings is 3. The van der Waals surface area contributed by atoms with Gasteiger partial charge in [-0.25, -0.2) is 0 Å². The molecule has 35 heavy (non-hydrogen) atoms. The number of rotatable bonds is 13. The Bertz CT molecular complexity index is 1060. The molecule has 0 aliphatic rings. The summed E-state index contributed by atoms with van der Waals surface area (Å²) in [5.41, 5.74) is 4.34. The number of nitrogens with zero attached hydrogens (tertiary/aromatic N) is 1. The Morgan fingerprint density at radius 1 is 0.943 bits per heavy atom. The molecule has 184 valence electrons.